The minimum absolute atomic E-state index is 0.0841. The first-order valence-corrected chi connectivity index (χ1v) is 7.60. The molecule has 2 aliphatic rings. The van der Waals surface area contributed by atoms with E-state index in [2.05, 4.69) is 15.0 Å². The van der Waals surface area contributed by atoms with Gasteiger partial charge in [-0.3, -0.25) is 9.69 Å². The van der Waals surface area contributed by atoms with E-state index in [0.717, 1.165) is 39.0 Å². The van der Waals surface area contributed by atoms with E-state index in [-0.39, 0.29) is 11.8 Å². The Balaban J connectivity index is 1.56. The average Bonchev–Trinajstić information content (AvgIpc) is 2.93. The van der Waals surface area contributed by atoms with Crippen molar-refractivity contribution in [3.63, 3.8) is 0 Å². The molecule has 1 amide bonds. The Bertz CT molecular complexity index is 484. The lowest BCUT2D eigenvalue weighted by molar-refractivity contribution is -0.141. The molecule has 116 valence electrons. The number of piperidine rings is 1. The Morgan fingerprint density at radius 1 is 1.33 bits per heavy atom. The van der Waals surface area contributed by atoms with Gasteiger partial charge in [0.1, 0.15) is 0 Å². The average molecular weight is 294 g/mol. The van der Waals surface area contributed by atoms with E-state index >= 15 is 0 Å². The van der Waals surface area contributed by atoms with E-state index in [9.17, 15) is 4.79 Å². The van der Waals surface area contributed by atoms with Gasteiger partial charge in [-0.1, -0.05) is 5.16 Å². The molecule has 1 unspecified atom stereocenters. The summed E-state index contributed by atoms with van der Waals surface area (Å²) in [6.45, 7) is 6.96. The topological polar surface area (TPSA) is 71.7 Å². The number of hydrogen-bond acceptors (Lipinski definition) is 6. The second-order valence-electron chi connectivity index (χ2n) is 5.75. The number of morpholine rings is 1. The summed E-state index contributed by atoms with van der Waals surface area (Å²) in [7, 11) is 0. The smallest absolute Gasteiger partial charge is 0.240 e. The summed E-state index contributed by atoms with van der Waals surface area (Å²) >= 11 is 0. The first kappa shape index (κ1) is 14.5. The van der Waals surface area contributed by atoms with Gasteiger partial charge in [0.05, 0.1) is 25.7 Å². The predicted octanol–water partition coefficient (Wildman–Crippen LogP) is 0.449. The summed E-state index contributed by atoms with van der Waals surface area (Å²) in [6.07, 6.45) is 2.00. The number of amides is 1. The number of likely N-dealkylation sites (tertiary alicyclic amines) is 1. The molecule has 7 heteroatoms. The Morgan fingerprint density at radius 2 is 2.14 bits per heavy atom. The molecule has 0 N–H and O–H groups in total. The molecule has 0 spiro atoms. The van der Waals surface area contributed by atoms with Gasteiger partial charge in [-0.25, -0.2) is 0 Å². The van der Waals surface area contributed by atoms with Gasteiger partial charge >= 0.3 is 0 Å². The zero-order valence-electron chi connectivity index (χ0n) is 12.5. The number of aromatic nitrogens is 2. The maximum atomic E-state index is 12.5. The monoisotopic (exact) mass is 294 g/mol. The number of rotatable bonds is 3. The number of hydrogen-bond donors (Lipinski definition) is 0. The fourth-order valence-corrected chi connectivity index (χ4v) is 3.04. The molecular weight excluding hydrogens is 272 g/mol. The zero-order valence-corrected chi connectivity index (χ0v) is 12.5. The highest BCUT2D eigenvalue weighted by Crippen LogP contribution is 2.20. The van der Waals surface area contributed by atoms with Crippen LogP contribution < -0.4 is 0 Å². The minimum Gasteiger partial charge on any atom is -0.378 e. The maximum absolute atomic E-state index is 12.5. The summed E-state index contributed by atoms with van der Waals surface area (Å²) in [5, 5.41) is 3.81. The highest BCUT2D eigenvalue weighted by molar-refractivity contribution is 5.79. The Morgan fingerprint density at radius 3 is 2.86 bits per heavy atom. The summed E-state index contributed by atoms with van der Waals surface area (Å²) in [5.41, 5.74) is 0. The van der Waals surface area contributed by atoms with Gasteiger partial charge in [0, 0.05) is 19.6 Å². The largest absolute Gasteiger partial charge is 0.378 e. The Labute approximate surface area is 124 Å². The van der Waals surface area contributed by atoms with Gasteiger partial charge in [0.2, 0.25) is 11.8 Å². The summed E-state index contributed by atoms with van der Waals surface area (Å²) in [5.74, 6) is 1.64. The molecule has 0 bridgehead atoms. The second-order valence-corrected chi connectivity index (χ2v) is 5.75. The Kier molecular flexibility index (Phi) is 4.50. The van der Waals surface area contributed by atoms with E-state index in [1.165, 1.54) is 0 Å². The maximum Gasteiger partial charge on any atom is 0.240 e. The first-order valence-electron chi connectivity index (χ1n) is 7.60. The third kappa shape index (κ3) is 3.59. The van der Waals surface area contributed by atoms with Crippen LogP contribution in [-0.4, -0.2) is 65.2 Å². The third-order valence-electron chi connectivity index (χ3n) is 4.11. The molecule has 0 radical (unpaired) electrons. The molecule has 2 saturated heterocycles. The van der Waals surface area contributed by atoms with Crippen LogP contribution in [0.5, 0.6) is 0 Å². The van der Waals surface area contributed by atoms with Gasteiger partial charge < -0.3 is 14.2 Å². The Hall–Kier alpha value is -1.47. The summed E-state index contributed by atoms with van der Waals surface area (Å²) in [6, 6.07) is 0. The molecule has 1 aromatic heterocycles. The number of ether oxygens (including phenoxy) is 1. The highest BCUT2D eigenvalue weighted by Gasteiger charge is 2.30. The lowest BCUT2D eigenvalue weighted by Crippen LogP contribution is -2.48. The number of aryl methyl sites for hydroxylation is 1. The number of carbonyl (C=O) groups is 1. The standard InChI is InChI=1S/C14H22N4O3/c1-11-15-13(21-16-11)10-17-4-2-3-12(9-17)14(19)18-5-7-20-8-6-18/h12H,2-10H2,1H3. The van der Waals surface area contributed by atoms with Gasteiger partial charge in [-0.15, -0.1) is 0 Å². The summed E-state index contributed by atoms with van der Waals surface area (Å²) in [4.78, 5) is 21.0. The van der Waals surface area contributed by atoms with Crippen LogP contribution in [0.1, 0.15) is 24.6 Å². The van der Waals surface area contributed by atoms with Crippen LogP contribution in [0.2, 0.25) is 0 Å². The van der Waals surface area contributed by atoms with Gasteiger partial charge in [0.25, 0.3) is 0 Å². The molecule has 0 aromatic carbocycles. The molecule has 2 aliphatic heterocycles. The molecule has 1 atom stereocenters. The van der Waals surface area contributed by atoms with E-state index in [1.807, 2.05) is 11.8 Å². The van der Waals surface area contributed by atoms with E-state index in [0.29, 0.717) is 31.5 Å². The van der Waals surface area contributed by atoms with Crippen molar-refractivity contribution in [1.29, 1.82) is 0 Å². The van der Waals surface area contributed by atoms with E-state index in [1.54, 1.807) is 0 Å². The number of nitrogens with zero attached hydrogens (tertiary/aromatic N) is 4. The van der Waals surface area contributed by atoms with Crippen molar-refractivity contribution in [2.75, 3.05) is 39.4 Å². The van der Waals surface area contributed by atoms with E-state index < -0.39 is 0 Å². The predicted molar refractivity (Wildman–Crippen MR) is 74.4 cm³/mol. The molecule has 2 fully saturated rings. The molecule has 3 heterocycles. The SMILES string of the molecule is Cc1noc(CN2CCCC(C(=O)N3CCOCC3)C2)n1. The van der Waals surface area contributed by atoms with Gasteiger partial charge in [-0.2, -0.15) is 4.98 Å². The highest BCUT2D eigenvalue weighted by atomic mass is 16.5. The van der Waals surface area contributed by atoms with Gasteiger partial charge in [-0.05, 0) is 26.3 Å². The van der Waals surface area contributed by atoms with Crippen LogP contribution in [0, 0.1) is 12.8 Å². The normalized spacial score (nSPS) is 24.2. The molecule has 0 saturated carbocycles. The van der Waals surface area contributed by atoms with E-state index in [4.69, 9.17) is 9.26 Å². The van der Waals surface area contributed by atoms with Crippen LogP contribution in [0.4, 0.5) is 0 Å². The zero-order chi connectivity index (χ0) is 14.7. The number of carbonyl (C=O) groups excluding carboxylic acids is 1. The molecule has 3 rings (SSSR count). The van der Waals surface area contributed by atoms with Crippen LogP contribution >= 0.6 is 0 Å². The van der Waals surface area contributed by atoms with Crippen molar-refractivity contribution < 1.29 is 14.1 Å². The van der Waals surface area contributed by atoms with Crippen molar-refractivity contribution in [2.24, 2.45) is 5.92 Å². The fourth-order valence-electron chi connectivity index (χ4n) is 3.04. The lowest BCUT2D eigenvalue weighted by atomic mass is 9.96. The molecule has 7 nitrogen and oxygen atoms in total. The van der Waals surface area contributed by atoms with Gasteiger partial charge in [0.15, 0.2) is 5.82 Å². The van der Waals surface area contributed by atoms with Crippen molar-refractivity contribution in [3.05, 3.63) is 11.7 Å². The lowest BCUT2D eigenvalue weighted by Gasteiger charge is -2.35. The molecular formula is C14H22N4O3. The molecule has 21 heavy (non-hydrogen) atoms. The van der Waals surface area contributed by atoms with Crippen LogP contribution in [0.3, 0.4) is 0 Å². The molecule has 0 aliphatic carbocycles. The van der Waals surface area contributed by atoms with Crippen molar-refractivity contribution >= 4 is 5.91 Å². The van der Waals surface area contributed by atoms with Crippen LogP contribution in [0.15, 0.2) is 4.52 Å². The van der Waals surface area contributed by atoms with Crippen LogP contribution in [0.25, 0.3) is 0 Å². The van der Waals surface area contributed by atoms with Crippen LogP contribution in [-0.2, 0) is 16.1 Å². The molecule has 1 aromatic rings. The van der Waals surface area contributed by atoms with Crippen molar-refractivity contribution in [3.8, 4) is 0 Å². The fraction of sp³-hybridized carbons (Fsp3) is 0.786. The van der Waals surface area contributed by atoms with Crippen molar-refractivity contribution in [1.82, 2.24) is 19.9 Å². The first-order chi connectivity index (χ1) is 10.2. The minimum atomic E-state index is 0.0841. The second kappa shape index (κ2) is 6.53. The quantitative estimate of drug-likeness (QED) is 0.806. The summed E-state index contributed by atoms with van der Waals surface area (Å²) < 4.78 is 10.5. The third-order valence-corrected chi connectivity index (χ3v) is 4.11. The van der Waals surface area contributed by atoms with Crippen molar-refractivity contribution in [2.45, 2.75) is 26.3 Å².